The number of fused-ring (bicyclic) bond motifs is 1. The number of likely N-dealkylation sites (tertiary alicyclic amines) is 1. The minimum absolute atomic E-state index is 0.0353. The number of aromatic hydroxyl groups is 1. The van der Waals surface area contributed by atoms with Crippen molar-refractivity contribution in [2.24, 2.45) is 0 Å². The van der Waals surface area contributed by atoms with E-state index in [1.54, 1.807) is 22.8 Å². The molecule has 0 radical (unpaired) electrons. The van der Waals surface area contributed by atoms with Crippen molar-refractivity contribution < 1.29 is 5.11 Å². The highest BCUT2D eigenvalue weighted by atomic mass is 16.3. The fourth-order valence-electron chi connectivity index (χ4n) is 3.79. The number of nitrogens with zero attached hydrogens (tertiary/aromatic N) is 6. The number of hydrogen-bond acceptors (Lipinski definition) is 7. The van der Waals surface area contributed by atoms with E-state index in [4.69, 9.17) is 5.26 Å². The van der Waals surface area contributed by atoms with Gasteiger partial charge >= 0.3 is 0 Å². The number of phenols is 1. The van der Waals surface area contributed by atoms with Crippen LogP contribution in [0.2, 0.25) is 0 Å². The van der Waals surface area contributed by atoms with E-state index in [1.165, 1.54) is 12.5 Å². The summed E-state index contributed by atoms with van der Waals surface area (Å²) in [7, 11) is 0. The maximum Gasteiger partial charge on any atom is 0.254 e. The van der Waals surface area contributed by atoms with Crippen LogP contribution in [0.1, 0.15) is 30.9 Å². The Hall–Kier alpha value is -3.18. The van der Waals surface area contributed by atoms with Crippen LogP contribution >= 0.6 is 0 Å². The molecule has 0 aliphatic carbocycles. The molecule has 1 aliphatic rings. The summed E-state index contributed by atoms with van der Waals surface area (Å²) in [6.45, 7) is 7.21. The summed E-state index contributed by atoms with van der Waals surface area (Å²) in [5.74, 6) is 1.06. The van der Waals surface area contributed by atoms with Gasteiger partial charge in [0.15, 0.2) is 0 Å². The van der Waals surface area contributed by atoms with Crippen molar-refractivity contribution in [1.29, 1.82) is 5.26 Å². The molecule has 0 amide bonds. The van der Waals surface area contributed by atoms with Crippen molar-refractivity contribution >= 4 is 11.7 Å². The molecule has 8 nitrogen and oxygen atoms in total. The maximum absolute atomic E-state index is 10.3. The van der Waals surface area contributed by atoms with Gasteiger partial charge in [-0.3, -0.25) is 0 Å². The van der Waals surface area contributed by atoms with Crippen LogP contribution in [-0.2, 0) is 0 Å². The van der Waals surface area contributed by atoms with Crippen LogP contribution < -0.4 is 5.32 Å². The first-order valence-electron chi connectivity index (χ1n) is 9.53. The van der Waals surface area contributed by atoms with E-state index in [0.29, 0.717) is 34.6 Å². The van der Waals surface area contributed by atoms with Crippen LogP contribution in [0.3, 0.4) is 0 Å². The first-order valence-corrected chi connectivity index (χ1v) is 9.53. The summed E-state index contributed by atoms with van der Waals surface area (Å²) in [6, 6.07) is 7.36. The Morgan fingerprint density at radius 1 is 1.36 bits per heavy atom. The number of aryl methyl sites for hydroxylation is 1. The number of hydrogen-bond donors (Lipinski definition) is 2. The van der Waals surface area contributed by atoms with E-state index in [9.17, 15) is 5.11 Å². The fourth-order valence-corrected chi connectivity index (χ4v) is 3.79. The molecule has 1 aromatic carbocycles. The van der Waals surface area contributed by atoms with Crippen molar-refractivity contribution in [3.8, 4) is 23.1 Å². The lowest BCUT2D eigenvalue weighted by molar-refractivity contribution is 0.226. The molecule has 1 saturated heterocycles. The number of aromatic nitrogens is 4. The van der Waals surface area contributed by atoms with E-state index >= 15 is 0 Å². The van der Waals surface area contributed by atoms with Gasteiger partial charge in [-0.05, 0) is 56.6 Å². The quantitative estimate of drug-likeness (QED) is 0.720. The monoisotopic (exact) mass is 377 g/mol. The van der Waals surface area contributed by atoms with Gasteiger partial charge in [0, 0.05) is 24.3 Å². The number of rotatable bonds is 4. The Balaban J connectivity index is 1.62. The average Bonchev–Trinajstić information content (AvgIpc) is 3.09. The zero-order valence-electron chi connectivity index (χ0n) is 16.1. The lowest BCUT2D eigenvalue weighted by Gasteiger charge is -2.31. The smallest absolute Gasteiger partial charge is 0.254 e. The third-order valence-corrected chi connectivity index (χ3v) is 5.19. The second-order valence-electron chi connectivity index (χ2n) is 7.17. The average molecular weight is 377 g/mol. The van der Waals surface area contributed by atoms with Crippen molar-refractivity contribution in [1.82, 2.24) is 24.5 Å². The minimum Gasteiger partial charge on any atom is -0.507 e. The third kappa shape index (κ3) is 3.49. The van der Waals surface area contributed by atoms with Gasteiger partial charge in [0.25, 0.3) is 5.78 Å². The van der Waals surface area contributed by atoms with Gasteiger partial charge in [0.2, 0.25) is 5.95 Å². The van der Waals surface area contributed by atoms with Gasteiger partial charge in [-0.2, -0.15) is 10.2 Å². The van der Waals surface area contributed by atoms with Crippen LogP contribution in [0.4, 0.5) is 5.95 Å². The van der Waals surface area contributed by atoms with Gasteiger partial charge < -0.3 is 15.3 Å². The predicted octanol–water partition coefficient (Wildman–Crippen LogP) is 2.57. The standard InChI is InChI=1S/C20H23N7O/c1-3-26-7-4-5-15(12-26)22-19-24-20-23-16(6-8-27(20)25-19)18-13(2)9-14(11-21)10-17(18)28/h6,8-10,15,28H,3-5,7,12H2,1-2H3,(H,22,25)/t15-/m1/s1. The number of nitrogens with one attached hydrogen (secondary N) is 1. The van der Waals surface area contributed by atoms with Crippen LogP contribution in [0, 0.1) is 18.3 Å². The number of phenolic OH excluding ortho intramolecular Hbond substituents is 1. The molecule has 1 fully saturated rings. The largest absolute Gasteiger partial charge is 0.507 e. The zero-order chi connectivity index (χ0) is 19.7. The molecule has 0 bridgehead atoms. The van der Waals surface area contributed by atoms with Crippen LogP contribution in [0.25, 0.3) is 17.0 Å². The zero-order valence-corrected chi connectivity index (χ0v) is 16.1. The van der Waals surface area contributed by atoms with Crippen molar-refractivity contribution in [3.05, 3.63) is 35.5 Å². The van der Waals surface area contributed by atoms with Crippen LogP contribution in [0.15, 0.2) is 24.4 Å². The first-order chi connectivity index (χ1) is 13.6. The number of piperidine rings is 1. The second kappa shape index (κ2) is 7.44. The number of nitriles is 1. The van der Waals surface area contributed by atoms with Crippen molar-refractivity contribution in [2.45, 2.75) is 32.7 Å². The van der Waals surface area contributed by atoms with E-state index in [0.717, 1.165) is 31.6 Å². The molecule has 4 rings (SSSR count). The van der Waals surface area contributed by atoms with Gasteiger partial charge in [-0.15, -0.1) is 5.10 Å². The van der Waals surface area contributed by atoms with Crippen LogP contribution in [0.5, 0.6) is 5.75 Å². The highest BCUT2D eigenvalue weighted by Crippen LogP contribution is 2.32. The fraction of sp³-hybridized carbons (Fsp3) is 0.400. The Bertz CT molecular complexity index is 1030. The molecular weight excluding hydrogens is 354 g/mol. The Morgan fingerprint density at radius 2 is 2.21 bits per heavy atom. The lowest BCUT2D eigenvalue weighted by Crippen LogP contribution is -2.42. The molecule has 1 aliphatic heterocycles. The van der Waals surface area contributed by atoms with Crippen LogP contribution in [-0.4, -0.2) is 55.3 Å². The van der Waals surface area contributed by atoms with E-state index < -0.39 is 0 Å². The minimum atomic E-state index is 0.0353. The van der Waals surface area contributed by atoms with Gasteiger partial charge in [0.05, 0.1) is 17.3 Å². The molecule has 0 saturated carbocycles. The molecule has 0 unspecified atom stereocenters. The summed E-state index contributed by atoms with van der Waals surface area (Å²) in [6.07, 6.45) is 4.05. The molecule has 1 atom stereocenters. The predicted molar refractivity (Wildman–Crippen MR) is 106 cm³/mol. The summed E-state index contributed by atoms with van der Waals surface area (Å²) >= 11 is 0. The molecule has 144 valence electrons. The molecule has 28 heavy (non-hydrogen) atoms. The molecule has 8 heteroatoms. The molecule has 3 heterocycles. The number of anilines is 1. The van der Waals surface area contributed by atoms with Gasteiger partial charge in [0.1, 0.15) is 5.75 Å². The highest BCUT2D eigenvalue weighted by Gasteiger charge is 2.20. The summed E-state index contributed by atoms with van der Waals surface area (Å²) in [4.78, 5) is 11.5. The van der Waals surface area contributed by atoms with E-state index in [1.807, 2.05) is 13.0 Å². The number of benzene rings is 1. The molecule has 2 N–H and O–H groups in total. The normalized spacial score (nSPS) is 17.5. The maximum atomic E-state index is 10.3. The second-order valence-corrected chi connectivity index (χ2v) is 7.17. The molecule has 2 aromatic heterocycles. The molecule has 0 spiro atoms. The first kappa shape index (κ1) is 18.2. The van der Waals surface area contributed by atoms with Gasteiger partial charge in [-0.25, -0.2) is 9.50 Å². The van der Waals surface area contributed by atoms with E-state index in [2.05, 4.69) is 32.2 Å². The van der Waals surface area contributed by atoms with Gasteiger partial charge in [-0.1, -0.05) is 6.92 Å². The SMILES string of the molecule is CCN1CCC[C@@H](Nc2nc3nc(-c4c(C)cc(C#N)cc4O)ccn3n2)C1. The van der Waals surface area contributed by atoms with Crippen molar-refractivity contribution in [2.75, 3.05) is 25.0 Å². The topological polar surface area (TPSA) is 102 Å². The van der Waals surface area contributed by atoms with E-state index in [-0.39, 0.29) is 5.75 Å². The highest BCUT2D eigenvalue weighted by molar-refractivity contribution is 5.72. The molecular formula is C20H23N7O. The Labute approximate surface area is 163 Å². The third-order valence-electron chi connectivity index (χ3n) is 5.19. The summed E-state index contributed by atoms with van der Waals surface area (Å²) < 4.78 is 1.63. The van der Waals surface area contributed by atoms with Crippen molar-refractivity contribution in [3.63, 3.8) is 0 Å². The molecule has 3 aromatic rings. The summed E-state index contributed by atoms with van der Waals surface area (Å²) in [5.41, 5.74) is 2.40. The number of likely N-dealkylation sites (N-methyl/N-ethyl adjacent to an activating group) is 1. The Kier molecular flexibility index (Phi) is 4.84. The summed E-state index contributed by atoms with van der Waals surface area (Å²) in [5, 5.41) is 27.3. The lowest BCUT2D eigenvalue weighted by atomic mass is 10.0. The Morgan fingerprint density at radius 3 is 2.96 bits per heavy atom.